The average molecular weight is 194 g/mol. The van der Waals surface area contributed by atoms with Crippen LogP contribution in [0.5, 0.6) is 0 Å². The van der Waals surface area contributed by atoms with Crippen molar-refractivity contribution in [2.45, 2.75) is 19.4 Å². The van der Waals surface area contributed by atoms with Crippen LogP contribution in [0.1, 0.15) is 22.5 Å². The zero-order chi connectivity index (χ0) is 9.97. The third-order valence-electron chi connectivity index (χ3n) is 2.50. The van der Waals surface area contributed by atoms with Crippen LogP contribution in [0.4, 0.5) is 0 Å². The Labute approximate surface area is 82.7 Å². The fourth-order valence-corrected chi connectivity index (χ4v) is 1.66. The monoisotopic (exact) mass is 194 g/mol. The smallest absolute Gasteiger partial charge is 0.255 e. The number of furan rings is 1. The van der Waals surface area contributed by atoms with Gasteiger partial charge in [-0.15, -0.1) is 0 Å². The number of rotatable bonds is 2. The Balaban J connectivity index is 1.98. The van der Waals surface area contributed by atoms with Crippen molar-refractivity contribution >= 4 is 5.91 Å². The molecule has 1 atom stereocenters. The summed E-state index contributed by atoms with van der Waals surface area (Å²) in [5.74, 6) is 0.637. The number of nitrogens with one attached hydrogen (secondary N) is 2. The number of hydrogen-bond acceptors (Lipinski definition) is 3. The molecule has 1 amide bonds. The van der Waals surface area contributed by atoms with Crippen LogP contribution in [0.25, 0.3) is 0 Å². The number of aryl methyl sites for hydroxylation is 1. The molecule has 1 aromatic rings. The summed E-state index contributed by atoms with van der Waals surface area (Å²) in [7, 11) is 0. The lowest BCUT2D eigenvalue weighted by atomic mass is 10.2. The van der Waals surface area contributed by atoms with E-state index in [1.165, 1.54) is 6.26 Å². The van der Waals surface area contributed by atoms with Crippen LogP contribution in [0.3, 0.4) is 0 Å². The quantitative estimate of drug-likeness (QED) is 0.728. The summed E-state index contributed by atoms with van der Waals surface area (Å²) in [6, 6.07) is 1.96. The van der Waals surface area contributed by atoms with Crippen molar-refractivity contribution in [1.29, 1.82) is 0 Å². The third-order valence-corrected chi connectivity index (χ3v) is 2.50. The second-order valence-corrected chi connectivity index (χ2v) is 3.55. The van der Waals surface area contributed by atoms with Gasteiger partial charge in [0.1, 0.15) is 5.76 Å². The molecule has 4 heteroatoms. The van der Waals surface area contributed by atoms with E-state index in [9.17, 15) is 4.79 Å². The van der Waals surface area contributed by atoms with Crippen molar-refractivity contribution in [3.63, 3.8) is 0 Å². The van der Waals surface area contributed by atoms with Crippen LogP contribution in [0.15, 0.2) is 16.7 Å². The zero-order valence-electron chi connectivity index (χ0n) is 8.17. The van der Waals surface area contributed by atoms with Gasteiger partial charge in [0, 0.05) is 12.6 Å². The minimum absolute atomic E-state index is 0.0371. The van der Waals surface area contributed by atoms with E-state index in [1.807, 2.05) is 0 Å². The maximum absolute atomic E-state index is 11.7. The molecule has 0 saturated carbocycles. The molecule has 76 valence electrons. The summed E-state index contributed by atoms with van der Waals surface area (Å²) in [4.78, 5) is 11.7. The van der Waals surface area contributed by atoms with Crippen LogP contribution in [0, 0.1) is 6.92 Å². The van der Waals surface area contributed by atoms with Crippen LogP contribution in [-0.2, 0) is 0 Å². The molecule has 2 heterocycles. The second-order valence-electron chi connectivity index (χ2n) is 3.55. The fourth-order valence-electron chi connectivity index (χ4n) is 1.66. The van der Waals surface area contributed by atoms with Gasteiger partial charge >= 0.3 is 0 Å². The average Bonchev–Trinajstić information content (AvgIpc) is 2.75. The van der Waals surface area contributed by atoms with Gasteiger partial charge in [0.05, 0.1) is 11.8 Å². The molecule has 0 bridgehead atoms. The standard InChI is InChI=1S/C10H14N2O2/c1-7-9(3-5-14-7)10(13)12-8-2-4-11-6-8/h3,5,8,11H,2,4,6H2,1H3,(H,12,13). The first-order valence-electron chi connectivity index (χ1n) is 4.83. The fraction of sp³-hybridized carbons (Fsp3) is 0.500. The van der Waals surface area contributed by atoms with Crippen LogP contribution < -0.4 is 10.6 Å². The highest BCUT2D eigenvalue weighted by Crippen LogP contribution is 2.09. The van der Waals surface area contributed by atoms with Crippen molar-refractivity contribution in [3.8, 4) is 0 Å². The van der Waals surface area contributed by atoms with E-state index in [-0.39, 0.29) is 11.9 Å². The maximum atomic E-state index is 11.7. The Hall–Kier alpha value is -1.29. The zero-order valence-corrected chi connectivity index (χ0v) is 8.17. The van der Waals surface area contributed by atoms with Crippen LogP contribution in [0.2, 0.25) is 0 Å². The molecule has 0 radical (unpaired) electrons. The molecule has 1 fully saturated rings. The Morgan fingerprint density at radius 2 is 2.57 bits per heavy atom. The minimum Gasteiger partial charge on any atom is -0.469 e. The molecule has 14 heavy (non-hydrogen) atoms. The van der Waals surface area contributed by atoms with E-state index in [0.29, 0.717) is 11.3 Å². The van der Waals surface area contributed by atoms with Gasteiger partial charge in [0.15, 0.2) is 0 Å². The van der Waals surface area contributed by atoms with E-state index in [4.69, 9.17) is 4.42 Å². The van der Waals surface area contributed by atoms with Crippen molar-refractivity contribution in [2.75, 3.05) is 13.1 Å². The van der Waals surface area contributed by atoms with E-state index < -0.39 is 0 Å². The van der Waals surface area contributed by atoms with Crippen molar-refractivity contribution in [1.82, 2.24) is 10.6 Å². The lowest BCUT2D eigenvalue weighted by molar-refractivity contribution is 0.0938. The van der Waals surface area contributed by atoms with E-state index in [1.54, 1.807) is 13.0 Å². The summed E-state index contributed by atoms with van der Waals surface area (Å²) in [5.41, 5.74) is 0.636. The molecule has 1 aliphatic rings. The molecule has 4 nitrogen and oxygen atoms in total. The van der Waals surface area contributed by atoms with E-state index in [0.717, 1.165) is 19.5 Å². The Morgan fingerprint density at radius 3 is 3.14 bits per heavy atom. The minimum atomic E-state index is -0.0371. The van der Waals surface area contributed by atoms with Gasteiger partial charge in [-0.25, -0.2) is 0 Å². The first-order valence-corrected chi connectivity index (χ1v) is 4.83. The summed E-state index contributed by atoms with van der Waals surface area (Å²) in [6.45, 7) is 3.64. The largest absolute Gasteiger partial charge is 0.469 e. The van der Waals surface area contributed by atoms with E-state index in [2.05, 4.69) is 10.6 Å². The Kier molecular flexibility index (Phi) is 2.54. The Morgan fingerprint density at radius 1 is 1.71 bits per heavy atom. The first-order chi connectivity index (χ1) is 6.77. The van der Waals surface area contributed by atoms with Crippen LogP contribution in [-0.4, -0.2) is 25.0 Å². The summed E-state index contributed by atoms with van der Waals surface area (Å²) in [5, 5.41) is 6.16. The van der Waals surface area contributed by atoms with Gasteiger partial charge in [0.2, 0.25) is 0 Å². The summed E-state index contributed by atoms with van der Waals surface area (Å²) >= 11 is 0. The lowest BCUT2D eigenvalue weighted by Crippen LogP contribution is -2.36. The highest BCUT2D eigenvalue weighted by molar-refractivity contribution is 5.95. The predicted octanol–water partition coefficient (Wildman–Crippen LogP) is 0.680. The van der Waals surface area contributed by atoms with Gasteiger partial charge in [-0.1, -0.05) is 0 Å². The summed E-state index contributed by atoms with van der Waals surface area (Å²) in [6.07, 6.45) is 2.54. The topological polar surface area (TPSA) is 54.3 Å². The molecule has 2 N–H and O–H groups in total. The van der Waals surface area contributed by atoms with Crippen molar-refractivity contribution < 1.29 is 9.21 Å². The maximum Gasteiger partial charge on any atom is 0.255 e. The number of hydrogen-bond donors (Lipinski definition) is 2. The molecule has 0 aromatic carbocycles. The molecule has 1 saturated heterocycles. The van der Waals surface area contributed by atoms with Gasteiger partial charge in [-0.2, -0.15) is 0 Å². The molecule has 1 aromatic heterocycles. The van der Waals surface area contributed by atoms with Gasteiger partial charge in [0.25, 0.3) is 5.91 Å². The number of amides is 1. The van der Waals surface area contributed by atoms with Gasteiger partial charge in [-0.05, 0) is 26.0 Å². The predicted molar refractivity (Wildman–Crippen MR) is 52.2 cm³/mol. The molecular weight excluding hydrogens is 180 g/mol. The lowest BCUT2D eigenvalue weighted by Gasteiger charge is -2.10. The molecule has 1 unspecified atom stereocenters. The second kappa shape index (κ2) is 3.84. The summed E-state index contributed by atoms with van der Waals surface area (Å²) < 4.78 is 5.07. The van der Waals surface area contributed by atoms with Crippen LogP contribution >= 0.6 is 0 Å². The molecule has 0 aliphatic carbocycles. The molecular formula is C10H14N2O2. The first kappa shape index (κ1) is 9.27. The third kappa shape index (κ3) is 1.80. The highest BCUT2D eigenvalue weighted by Gasteiger charge is 2.19. The Bertz CT molecular complexity index is 327. The molecule has 2 rings (SSSR count). The normalized spacial score (nSPS) is 21.1. The van der Waals surface area contributed by atoms with Crippen molar-refractivity contribution in [3.05, 3.63) is 23.7 Å². The highest BCUT2D eigenvalue weighted by atomic mass is 16.3. The number of carbonyl (C=O) groups is 1. The molecule has 0 spiro atoms. The SMILES string of the molecule is Cc1occc1C(=O)NC1CCNC1. The van der Waals surface area contributed by atoms with E-state index >= 15 is 0 Å². The van der Waals surface area contributed by atoms with Gasteiger partial charge < -0.3 is 15.1 Å². The van der Waals surface area contributed by atoms with Gasteiger partial charge in [-0.3, -0.25) is 4.79 Å². The number of carbonyl (C=O) groups excluding carboxylic acids is 1. The van der Waals surface area contributed by atoms with Crippen molar-refractivity contribution in [2.24, 2.45) is 0 Å². The molecule has 1 aliphatic heterocycles.